The third kappa shape index (κ3) is 4.98. The number of hydrogen-bond donors (Lipinski definition) is 1. The van der Waals surface area contributed by atoms with Crippen LogP contribution < -0.4 is 4.72 Å². The van der Waals surface area contributed by atoms with Crippen LogP contribution in [0.2, 0.25) is 0 Å². The van der Waals surface area contributed by atoms with Crippen LogP contribution in [-0.4, -0.2) is 49.4 Å². The highest BCUT2D eigenvalue weighted by molar-refractivity contribution is 7.89. The maximum Gasteiger partial charge on any atom is 0.245 e. The molecular formula is C21H25N5O5S2. The van der Waals surface area contributed by atoms with Crippen LogP contribution in [0.5, 0.6) is 0 Å². The molecule has 1 atom stereocenters. The molecule has 0 spiro atoms. The van der Waals surface area contributed by atoms with Gasteiger partial charge in [0.15, 0.2) is 0 Å². The molecule has 1 N–H and O–H groups in total. The molecule has 0 bridgehead atoms. The minimum Gasteiger partial charge on any atom is -0.337 e. The summed E-state index contributed by atoms with van der Waals surface area (Å²) in [5.74, 6) is 0.266. The number of hydrogen-bond acceptors (Lipinski definition) is 8. The molecule has 0 amide bonds. The molecular weight excluding hydrogens is 466 g/mol. The van der Waals surface area contributed by atoms with Gasteiger partial charge in [-0.3, -0.25) is 4.98 Å². The van der Waals surface area contributed by atoms with Crippen LogP contribution in [0.1, 0.15) is 38.6 Å². The second kappa shape index (κ2) is 9.29. The number of aromatic nitrogens is 3. The van der Waals surface area contributed by atoms with Gasteiger partial charge in [0.05, 0.1) is 9.79 Å². The van der Waals surface area contributed by atoms with Crippen molar-refractivity contribution in [2.24, 2.45) is 5.92 Å². The molecule has 0 saturated carbocycles. The lowest BCUT2D eigenvalue weighted by Gasteiger charge is -2.19. The van der Waals surface area contributed by atoms with Crippen molar-refractivity contribution in [2.75, 3.05) is 13.1 Å². The van der Waals surface area contributed by atoms with Gasteiger partial charge >= 0.3 is 0 Å². The molecule has 1 aliphatic rings. The molecule has 0 aliphatic carbocycles. The third-order valence-electron chi connectivity index (χ3n) is 5.43. The van der Waals surface area contributed by atoms with Crippen molar-refractivity contribution in [1.82, 2.24) is 24.2 Å². The van der Waals surface area contributed by atoms with E-state index in [-0.39, 0.29) is 21.6 Å². The quantitative estimate of drug-likeness (QED) is 0.508. The molecule has 1 saturated heterocycles. The highest BCUT2D eigenvalue weighted by atomic mass is 32.2. The van der Waals surface area contributed by atoms with Gasteiger partial charge in [0.1, 0.15) is 6.04 Å². The van der Waals surface area contributed by atoms with E-state index in [0.29, 0.717) is 24.5 Å². The standard InChI is InChI=1S/C21H25N5O5S2/c1-15(2)19(21-23-20(24-31-21)16-9-11-22-12-10-16)25-32(27,28)17-5-7-18(8-6-17)33(29,30)26-13-3-4-14-26/h5-12,15,19,25H,3-4,13-14H2,1-2H3/t19-/m0/s1. The molecule has 176 valence electrons. The van der Waals surface area contributed by atoms with Crippen molar-refractivity contribution in [1.29, 1.82) is 0 Å². The van der Waals surface area contributed by atoms with Crippen LogP contribution in [0.3, 0.4) is 0 Å². The first-order valence-corrected chi connectivity index (χ1v) is 13.5. The van der Waals surface area contributed by atoms with Gasteiger partial charge in [0, 0.05) is 31.0 Å². The van der Waals surface area contributed by atoms with Gasteiger partial charge in [0.25, 0.3) is 0 Å². The molecule has 0 radical (unpaired) electrons. The minimum absolute atomic E-state index is 0.0533. The van der Waals surface area contributed by atoms with E-state index >= 15 is 0 Å². The number of nitrogens with zero attached hydrogens (tertiary/aromatic N) is 4. The maximum atomic E-state index is 13.0. The second-order valence-electron chi connectivity index (χ2n) is 8.12. The monoisotopic (exact) mass is 491 g/mol. The van der Waals surface area contributed by atoms with Gasteiger partial charge in [-0.25, -0.2) is 16.8 Å². The Morgan fingerprint density at radius 1 is 0.939 bits per heavy atom. The van der Waals surface area contributed by atoms with E-state index in [2.05, 4.69) is 19.8 Å². The first kappa shape index (κ1) is 23.5. The van der Waals surface area contributed by atoms with Gasteiger partial charge < -0.3 is 4.52 Å². The number of benzene rings is 1. The van der Waals surface area contributed by atoms with E-state index in [1.807, 2.05) is 13.8 Å². The second-order valence-corrected chi connectivity index (χ2v) is 11.8. The fourth-order valence-corrected chi connectivity index (χ4v) is 6.41. The number of pyridine rings is 1. The Balaban J connectivity index is 1.56. The van der Waals surface area contributed by atoms with Gasteiger partial charge in [0.2, 0.25) is 31.8 Å². The largest absolute Gasteiger partial charge is 0.337 e. The van der Waals surface area contributed by atoms with E-state index in [1.165, 1.54) is 28.6 Å². The maximum absolute atomic E-state index is 13.0. The summed E-state index contributed by atoms with van der Waals surface area (Å²) in [7, 11) is -7.61. The molecule has 0 unspecified atom stereocenters. The van der Waals surface area contributed by atoms with Crippen LogP contribution in [0, 0.1) is 5.92 Å². The van der Waals surface area contributed by atoms with Crippen molar-refractivity contribution < 1.29 is 21.4 Å². The van der Waals surface area contributed by atoms with Crippen LogP contribution in [0.15, 0.2) is 63.1 Å². The zero-order valence-electron chi connectivity index (χ0n) is 18.2. The normalized spacial score (nSPS) is 16.3. The van der Waals surface area contributed by atoms with E-state index in [4.69, 9.17) is 4.52 Å². The molecule has 12 heteroatoms. The summed E-state index contributed by atoms with van der Waals surface area (Å²) < 4.78 is 60.9. The zero-order chi connectivity index (χ0) is 23.6. The van der Waals surface area contributed by atoms with Crippen LogP contribution in [0.4, 0.5) is 0 Å². The number of nitrogens with one attached hydrogen (secondary N) is 1. The first-order valence-electron chi connectivity index (χ1n) is 10.5. The predicted octanol–water partition coefficient (Wildman–Crippen LogP) is 2.59. The fourth-order valence-electron chi connectivity index (χ4n) is 3.55. The lowest BCUT2D eigenvalue weighted by atomic mass is 10.1. The lowest BCUT2D eigenvalue weighted by molar-refractivity contribution is 0.311. The Hall–Kier alpha value is -2.67. The van der Waals surface area contributed by atoms with Crippen molar-refractivity contribution in [3.63, 3.8) is 0 Å². The summed E-state index contributed by atoms with van der Waals surface area (Å²) in [6.07, 6.45) is 4.85. The summed E-state index contributed by atoms with van der Waals surface area (Å²) in [4.78, 5) is 8.32. The van der Waals surface area contributed by atoms with Crippen LogP contribution in [0.25, 0.3) is 11.4 Å². The number of rotatable bonds is 8. The zero-order valence-corrected chi connectivity index (χ0v) is 19.9. The van der Waals surface area contributed by atoms with E-state index in [1.54, 1.807) is 24.5 Å². The van der Waals surface area contributed by atoms with Crippen LogP contribution >= 0.6 is 0 Å². The molecule has 1 aromatic carbocycles. The summed E-state index contributed by atoms with van der Waals surface area (Å²) in [5, 5.41) is 3.95. The molecule has 33 heavy (non-hydrogen) atoms. The van der Waals surface area contributed by atoms with Gasteiger partial charge in [-0.05, 0) is 55.2 Å². The number of sulfonamides is 2. The smallest absolute Gasteiger partial charge is 0.245 e. The lowest BCUT2D eigenvalue weighted by Crippen LogP contribution is -2.32. The van der Waals surface area contributed by atoms with E-state index in [0.717, 1.165) is 12.8 Å². The highest BCUT2D eigenvalue weighted by Crippen LogP contribution is 2.27. The average Bonchev–Trinajstić information content (AvgIpc) is 3.51. The Bertz CT molecular complexity index is 1300. The van der Waals surface area contributed by atoms with E-state index < -0.39 is 26.1 Å². The summed E-state index contributed by atoms with van der Waals surface area (Å²) in [5.41, 5.74) is 0.695. The molecule has 3 heterocycles. The molecule has 1 fully saturated rings. The topological polar surface area (TPSA) is 135 Å². The Morgan fingerprint density at radius 3 is 2.15 bits per heavy atom. The summed E-state index contributed by atoms with van der Waals surface area (Å²) in [6, 6.07) is 7.90. The first-order chi connectivity index (χ1) is 15.7. The molecule has 2 aromatic heterocycles. The van der Waals surface area contributed by atoms with Gasteiger partial charge in [-0.2, -0.15) is 14.0 Å². The minimum atomic E-state index is -3.99. The van der Waals surface area contributed by atoms with Crippen LogP contribution in [-0.2, 0) is 20.0 Å². The molecule has 1 aliphatic heterocycles. The fraction of sp³-hybridized carbons (Fsp3) is 0.381. The SMILES string of the molecule is CC(C)[C@H](NS(=O)(=O)c1ccc(S(=O)(=O)N2CCCC2)cc1)c1nc(-c2ccncc2)no1. The molecule has 4 rings (SSSR count). The predicted molar refractivity (Wildman–Crippen MR) is 120 cm³/mol. The van der Waals surface area contributed by atoms with Crippen molar-refractivity contribution >= 4 is 20.0 Å². The van der Waals surface area contributed by atoms with Gasteiger partial charge in [-0.1, -0.05) is 19.0 Å². The highest BCUT2D eigenvalue weighted by Gasteiger charge is 2.30. The summed E-state index contributed by atoms with van der Waals surface area (Å²) >= 11 is 0. The van der Waals surface area contributed by atoms with Crippen molar-refractivity contribution in [3.05, 3.63) is 54.7 Å². The Kier molecular flexibility index (Phi) is 6.61. The van der Waals surface area contributed by atoms with Gasteiger partial charge in [-0.15, -0.1) is 0 Å². The van der Waals surface area contributed by atoms with Crippen molar-refractivity contribution in [2.45, 2.75) is 42.5 Å². The van der Waals surface area contributed by atoms with Crippen molar-refractivity contribution in [3.8, 4) is 11.4 Å². The summed E-state index contributed by atoms with van der Waals surface area (Å²) in [6.45, 7) is 4.61. The molecule has 3 aromatic rings. The molecule has 10 nitrogen and oxygen atoms in total. The Labute approximate surface area is 193 Å². The third-order valence-corrected chi connectivity index (χ3v) is 8.80. The van der Waals surface area contributed by atoms with E-state index in [9.17, 15) is 16.8 Å². The Morgan fingerprint density at radius 2 is 1.55 bits per heavy atom. The average molecular weight is 492 g/mol.